The average molecular weight is 392 g/mol. The van der Waals surface area contributed by atoms with Crippen molar-refractivity contribution in [3.05, 3.63) is 60.3 Å². The summed E-state index contributed by atoms with van der Waals surface area (Å²) >= 11 is 0. The number of pyridine rings is 1. The molecule has 3 aromatic rings. The summed E-state index contributed by atoms with van der Waals surface area (Å²) in [6.45, 7) is 8.88. The van der Waals surface area contributed by atoms with E-state index in [4.69, 9.17) is 4.74 Å². The number of aryl methyl sites for hydroxylation is 1. The maximum absolute atomic E-state index is 5.92. The van der Waals surface area contributed by atoms with E-state index in [1.807, 2.05) is 25.2 Å². The van der Waals surface area contributed by atoms with Crippen LogP contribution in [0.15, 0.2) is 59.7 Å². The monoisotopic (exact) mass is 391 g/mol. The van der Waals surface area contributed by atoms with Gasteiger partial charge in [-0.3, -0.25) is 5.01 Å². The first-order valence-electron chi connectivity index (χ1n) is 10.3. The Morgan fingerprint density at radius 1 is 1.00 bits per heavy atom. The zero-order valence-corrected chi connectivity index (χ0v) is 18.1. The first-order valence-corrected chi connectivity index (χ1v) is 10.3. The minimum absolute atomic E-state index is 0.617. The highest BCUT2D eigenvalue weighted by Crippen LogP contribution is 2.32. The molecule has 0 bridgehead atoms. The molecule has 1 heterocycles. The predicted molar refractivity (Wildman–Crippen MR) is 122 cm³/mol. The van der Waals surface area contributed by atoms with Crippen molar-refractivity contribution < 1.29 is 9.30 Å². The summed E-state index contributed by atoms with van der Waals surface area (Å²) in [7, 11) is 4.01. The van der Waals surface area contributed by atoms with Crippen LogP contribution in [0.4, 0.5) is 11.4 Å². The van der Waals surface area contributed by atoms with Gasteiger partial charge in [0.1, 0.15) is 24.7 Å². The Morgan fingerprint density at radius 2 is 1.76 bits per heavy atom. The lowest BCUT2D eigenvalue weighted by molar-refractivity contribution is -0.645. The molecule has 0 saturated heterocycles. The van der Waals surface area contributed by atoms with E-state index in [9.17, 15) is 0 Å². The quantitative estimate of drug-likeness (QED) is 0.324. The van der Waals surface area contributed by atoms with Crippen LogP contribution in [0.3, 0.4) is 0 Å². The largest absolute Gasteiger partial charge is 0.492 e. The van der Waals surface area contributed by atoms with Crippen molar-refractivity contribution in [2.45, 2.75) is 20.8 Å². The highest BCUT2D eigenvalue weighted by molar-refractivity contribution is 5.82. The van der Waals surface area contributed by atoms with E-state index in [2.05, 4.69) is 90.1 Å². The number of hydrazone groups is 1. The van der Waals surface area contributed by atoms with Gasteiger partial charge >= 0.3 is 0 Å². The number of ether oxygens (including phenoxy) is 1. The molecule has 0 amide bonds. The summed E-state index contributed by atoms with van der Waals surface area (Å²) in [6, 6.07) is 18.9. The number of aromatic nitrogens is 1. The molecule has 0 radical (unpaired) electrons. The second-order valence-corrected chi connectivity index (χ2v) is 6.90. The zero-order chi connectivity index (χ0) is 20.8. The Bertz CT molecular complexity index is 995. The molecule has 0 aliphatic carbocycles. The fourth-order valence-corrected chi connectivity index (χ4v) is 3.52. The van der Waals surface area contributed by atoms with Gasteiger partial charge in [0.05, 0.1) is 6.61 Å². The summed E-state index contributed by atoms with van der Waals surface area (Å²) in [6.07, 6.45) is 1.89. The summed E-state index contributed by atoms with van der Waals surface area (Å²) in [5.74, 6) is 0.847. The van der Waals surface area contributed by atoms with Gasteiger partial charge in [0, 0.05) is 49.4 Å². The van der Waals surface area contributed by atoms with E-state index in [0.717, 1.165) is 30.2 Å². The van der Waals surface area contributed by atoms with Crippen LogP contribution in [0.1, 0.15) is 26.5 Å². The number of hydrogen-bond donors (Lipinski definition) is 0. The van der Waals surface area contributed by atoms with Gasteiger partial charge in [0.15, 0.2) is 0 Å². The molecule has 2 aromatic carbocycles. The van der Waals surface area contributed by atoms with Gasteiger partial charge < -0.3 is 9.64 Å². The fourth-order valence-electron chi connectivity index (χ4n) is 3.52. The summed E-state index contributed by atoms with van der Waals surface area (Å²) in [5, 5.41) is 7.77. The number of para-hydroxylation sites is 1. The third kappa shape index (κ3) is 4.50. The van der Waals surface area contributed by atoms with Crippen molar-refractivity contribution >= 4 is 28.5 Å². The Hall–Kier alpha value is -3.08. The summed E-state index contributed by atoms with van der Waals surface area (Å²) in [5.41, 5.74) is 4.33. The molecule has 0 spiro atoms. The normalized spacial score (nSPS) is 11.2. The van der Waals surface area contributed by atoms with Crippen molar-refractivity contribution in [1.82, 2.24) is 0 Å². The fraction of sp³-hybridized carbons (Fsp3) is 0.333. The zero-order valence-electron chi connectivity index (χ0n) is 18.1. The smallest absolute Gasteiger partial charge is 0.225 e. The molecule has 152 valence electrons. The van der Waals surface area contributed by atoms with Crippen molar-refractivity contribution in [2.75, 3.05) is 36.7 Å². The predicted octanol–water partition coefficient (Wildman–Crippen LogP) is 4.38. The molecule has 0 N–H and O–H groups in total. The van der Waals surface area contributed by atoms with Crippen LogP contribution in [0.2, 0.25) is 0 Å². The molecule has 29 heavy (non-hydrogen) atoms. The molecular formula is C24H31N4O+. The van der Waals surface area contributed by atoms with E-state index in [1.165, 1.54) is 16.6 Å². The SMILES string of the molecule is CCOc1cc(N(CC)CC)ccc1N(C)/N=C/c1ccc2ccccc2[n+]1C. The molecule has 0 atom stereocenters. The van der Waals surface area contributed by atoms with Crippen LogP contribution in [-0.2, 0) is 7.05 Å². The van der Waals surface area contributed by atoms with Crippen LogP contribution >= 0.6 is 0 Å². The van der Waals surface area contributed by atoms with Gasteiger partial charge in [-0.1, -0.05) is 12.1 Å². The van der Waals surface area contributed by atoms with Crippen LogP contribution in [0.25, 0.3) is 10.9 Å². The number of anilines is 2. The van der Waals surface area contributed by atoms with E-state index in [0.29, 0.717) is 6.61 Å². The third-order valence-corrected chi connectivity index (χ3v) is 5.20. The third-order valence-electron chi connectivity index (χ3n) is 5.20. The second-order valence-electron chi connectivity index (χ2n) is 6.90. The minimum atomic E-state index is 0.617. The first kappa shape index (κ1) is 20.6. The van der Waals surface area contributed by atoms with Gasteiger partial charge in [0.2, 0.25) is 11.2 Å². The van der Waals surface area contributed by atoms with Crippen LogP contribution in [0.5, 0.6) is 5.75 Å². The number of benzene rings is 2. The molecule has 1 aromatic heterocycles. The van der Waals surface area contributed by atoms with Gasteiger partial charge in [0.25, 0.3) is 0 Å². The number of rotatable bonds is 8. The van der Waals surface area contributed by atoms with Crippen LogP contribution in [0, 0.1) is 0 Å². The average Bonchev–Trinajstić information content (AvgIpc) is 2.74. The Labute approximate surface area is 173 Å². The maximum Gasteiger partial charge on any atom is 0.225 e. The Morgan fingerprint density at radius 3 is 2.48 bits per heavy atom. The number of fused-ring (bicyclic) bond motifs is 1. The Kier molecular flexibility index (Phi) is 6.70. The highest BCUT2D eigenvalue weighted by Gasteiger charge is 2.13. The topological polar surface area (TPSA) is 31.9 Å². The standard InChI is InChI=1S/C24H31N4O/c1-6-28(7-2)20-15-16-23(24(17-20)29-8-3)27(5)25-18-21-14-13-19-11-9-10-12-22(19)26(21)4/h9-18H,6-8H2,1-5H3/q+1. The van der Waals surface area contributed by atoms with Gasteiger partial charge in [-0.05, 0) is 45.0 Å². The van der Waals surface area contributed by atoms with Crippen molar-refractivity contribution in [3.63, 3.8) is 0 Å². The summed E-state index contributed by atoms with van der Waals surface area (Å²) in [4.78, 5) is 2.31. The van der Waals surface area contributed by atoms with Crippen LogP contribution < -0.4 is 19.2 Å². The Balaban J connectivity index is 1.90. The number of hydrogen-bond acceptors (Lipinski definition) is 4. The van der Waals surface area contributed by atoms with Gasteiger partial charge in [-0.2, -0.15) is 9.67 Å². The lowest BCUT2D eigenvalue weighted by Gasteiger charge is -2.24. The van der Waals surface area contributed by atoms with E-state index >= 15 is 0 Å². The van der Waals surface area contributed by atoms with Crippen molar-refractivity contribution in [1.29, 1.82) is 0 Å². The molecule has 5 heteroatoms. The minimum Gasteiger partial charge on any atom is -0.492 e. The second kappa shape index (κ2) is 9.41. The number of nitrogens with zero attached hydrogens (tertiary/aromatic N) is 4. The van der Waals surface area contributed by atoms with Crippen molar-refractivity contribution in [3.8, 4) is 5.75 Å². The molecular weight excluding hydrogens is 360 g/mol. The van der Waals surface area contributed by atoms with Gasteiger partial charge in [-0.25, -0.2) is 0 Å². The molecule has 0 unspecified atom stereocenters. The molecule has 3 rings (SSSR count). The molecule has 0 aliphatic rings. The van der Waals surface area contributed by atoms with E-state index in [-0.39, 0.29) is 0 Å². The van der Waals surface area contributed by atoms with Crippen LogP contribution in [-0.4, -0.2) is 33.0 Å². The lowest BCUT2D eigenvalue weighted by Crippen LogP contribution is -2.34. The molecule has 5 nitrogen and oxygen atoms in total. The maximum atomic E-state index is 5.92. The lowest BCUT2D eigenvalue weighted by atomic mass is 10.2. The molecule has 0 saturated carbocycles. The molecule has 0 fully saturated rings. The van der Waals surface area contributed by atoms with Gasteiger partial charge in [-0.15, -0.1) is 0 Å². The molecule has 0 aliphatic heterocycles. The van der Waals surface area contributed by atoms with Crippen molar-refractivity contribution in [2.24, 2.45) is 12.1 Å². The first-order chi connectivity index (χ1) is 14.1. The highest BCUT2D eigenvalue weighted by atomic mass is 16.5. The summed E-state index contributed by atoms with van der Waals surface area (Å²) < 4.78 is 8.08. The van der Waals surface area contributed by atoms with E-state index < -0.39 is 0 Å². The van der Waals surface area contributed by atoms with E-state index in [1.54, 1.807) is 0 Å².